The molecular weight excluding hydrogens is 250 g/mol. The molecule has 0 radical (unpaired) electrons. The predicted octanol–water partition coefficient (Wildman–Crippen LogP) is 1.93. The Bertz CT molecular complexity index is 585. The summed E-state index contributed by atoms with van der Waals surface area (Å²) in [5, 5.41) is 4.70. The van der Waals surface area contributed by atoms with Crippen LogP contribution in [-0.4, -0.2) is 49.7 Å². The number of methoxy groups -OCH3 is 1. The molecule has 3 rings (SSSR count). The maximum Gasteiger partial charge on any atom is 0.119 e. The maximum atomic E-state index is 5.35. The van der Waals surface area contributed by atoms with E-state index in [1.54, 1.807) is 7.11 Å². The number of fused-ring (bicyclic) bond motifs is 1. The lowest BCUT2D eigenvalue weighted by Crippen LogP contribution is -2.44. The van der Waals surface area contributed by atoms with Gasteiger partial charge >= 0.3 is 0 Å². The molecule has 2 heterocycles. The fourth-order valence-corrected chi connectivity index (χ4v) is 3.02. The van der Waals surface area contributed by atoms with Crippen LogP contribution in [0.3, 0.4) is 0 Å². The molecule has 4 nitrogen and oxygen atoms in total. The molecule has 0 amide bonds. The lowest BCUT2D eigenvalue weighted by molar-refractivity contribution is 0.244. The summed E-state index contributed by atoms with van der Waals surface area (Å²) in [7, 11) is 1.72. The van der Waals surface area contributed by atoms with Gasteiger partial charge in [-0.1, -0.05) is 0 Å². The molecule has 1 saturated heterocycles. The van der Waals surface area contributed by atoms with Crippen LogP contribution >= 0.6 is 0 Å². The third-order valence-corrected chi connectivity index (χ3v) is 4.21. The van der Waals surface area contributed by atoms with Crippen molar-refractivity contribution in [3.8, 4) is 5.75 Å². The van der Waals surface area contributed by atoms with Gasteiger partial charge in [0, 0.05) is 49.3 Å². The lowest BCUT2D eigenvalue weighted by atomic mass is 10.1. The van der Waals surface area contributed by atoms with E-state index in [1.165, 1.54) is 22.2 Å². The first-order valence-corrected chi connectivity index (χ1v) is 7.36. The third kappa shape index (κ3) is 2.67. The Hall–Kier alpha value is -1.52. The number of piperazine rings is 1. The van der Waals surface area contributed by atoms with Crippen LogP contribution in [0.25, 0.3) is 10.9 Å². The largest absolute Gasteiger partial charge is 0.497 e. The smallest absolute Gasteiger partial charge is 0.119 e. The number of hydrogen-bond donors (Lipinski definition) is 2. The molecule has 2 aromatic rings. The highest BCUT2D eigenvalue weighted by Crippen LogP contribution is 2.26. The molecule has 0 spiro atoms. The molecule has 20 heavy (non-hydrogen) atoms. The molecule has 0 atom stereocenters. The van der Waals surface area contributed by atoms with Gasteiger partial charge < -0.3 is 19.9 Å². The zero-order valence-electron chi connectivity index (χ0n) is 12.3. The van der Waals surface area contributed by atoms with E-state index in [0.29, 0.717) is 0 Å². The van der Waals surface area contributed by atoms with Crippen molar-refractivity contribution < 1.29 is 4.74 Å². The number of aryl methyl sites for hydroxylation is 1. The standard InChI is InChI=1S/C16H23N3O/c1-12-14(5-8-19-9-6-17-7-10-19)15-11-13(20-2)3-4-16(15)18-12/h3-4,11,17-18H,5-10H2,1-2H3. The first-order valence-electron chi connectivity index (χ1n) is 7.36. The summed E-state index contributed by atoms with van der Waals surface area (Å²) >= 11 is 0. The van der Waals surface area contributed by atoms with Gasteiger partial charge in [-0.25, -0.2) is 0 Å². The first kappa shape index (κ1) is 13.5. The SMILES string of the molecule is COc1ccc2[nH]c(C)c(CCN3CCNCC3)c2c1. The normalized spacial score (nSPS) is 16.7. The van der Waals surface area contributed by atoms with Crippen LogP contribution in [0.5, 0.6) is 5.75 Å². The van der Waals surface area contributed by atoms with E-state index < -0.39 is 0 Å². The van der Waals surface area contributed by atoms with Crippen LogP contribution < -0.4 is 10.1 Å². The quantitative estimate of drug-likeness (QED) is 0.894. The van der Waals surface area contributed by atoms with Gasteiger partial charge in [-0.3, -0.25) is 0 Å². The highest BCUT2D eigenvalue weighted by molar-refractivity contribution is 5.86. The fourth-order valence-electron chi connectivity index (χ4n) is 3.02. The number of nitrogens with zero attached hydrogens (tertiary/aromatic N) is 1. The van der Waals surface area contributed by atoms with Crippen molar-refractivity contribution in [3.63, 3.8) is 0 Å². The van der Waals surface area contributed by atoms with Crippen LogP contribution in [0.1, 0.15) is 11.3 Å². The second-order valence-corrected chi connectivity index (χ2v) is 5.48. The van der Waals surface area contributed by atoms with Gasteiger partial charge in [0.25, 0.3) is 0 Å². The Labute approximate surface area is 120 Å². The first-order chi connectivity index (χ1) is 9.78. The van der Waals surface area contributed by atoms with E-state index in [4.69, 9.17) is 4.74 Å². The number of aromatic amines is 1. The maximum absolute atomic E-state index is 5.35. The van der Waals surface area contributed by atoms with Gasteiger partial charge in [0.05, 0.1) is 7.11 Å². The summed E-state index contributed by atoms with van der Waals surface area (Å²) < 4.78 is 5.35. The van der Waals surface area contributed by atoms with Crippen molar-refractivity contribution in [2.24, 2.45) is 0 Å². The Morgan fingerprint density at radius 2 is 2.05 bits per heavy atom. The highest BCUT2D eigenvalue weighted by atomic mass is 16.5. The van der Waals surface area contributed by atoms with E-state index in [-0.39, 0.29) is 0 Å². The zero-order chi connectivity index (χ0) is 13.9. The number of nitrogens with one attached hydrogen (secondary N) is 2. The van der Waals surface area contributed by atoms with Crippen molar-refractivity contribution in [2.75, 3.05) is 39.8 Å². The van der Waals surface area contributed by atoms with Gasteiger partial charge in [0.2, 0.25) is 0 Å². The molecule has 0 unspecified atom stereocenters. The summed E-state index contributed by atoms with van der Waals surface area (Å²) in [6, 6.07) is 6.26. The van der Waals surface area contributed by atoms with Crippen molar-refractivity contribution >= 4 is 10.9 Å². The second kappa shape index (κ2) is 5.85. The Morgan fingerprint density at radius 3 is 2.80 bits per heavy atom. The molecule has 4 heteroatoms. The molecule has 0 bridgehead atoms. The number of aromatic nitrogens is 1. The van der Waals surface area contributed by atoms with Gasteiger partial charge in [-0.15, -0.1) is 0 Å². The summed E-state index contributed by atoms with van der Waals surface area (Å²) in [5.74, 6) is 0.930. The van der Waals surface area contributed by atoms with Crippen LogP contribution in [0.15, 0.2) is 18.2 Å². The molecular formula is C16H23N3O. The molecule has 2 N–H and O–H groups in total. The van der Waals surface area contributed by atoms with Crippen LogP contribution in [0, 0.1) is 6.92 Å². The van der Waals surface area contributed by atoms with E-state index in [2.05, 4.69) is 34.3 Å². The van der Waals surface area contributed by atoms with Crippen molar-refractivity contribution in [3.05, 3.63) is 29.5 Å². The minimum Gasteiger partial charge on any atom is -0.497 e. The van der Waals surface area contributed by atoms with Crippen molar-refractivity contribution in [1.82, 2.24) is 15.2 Å². The summed E-state index contributed by atoms with van der Waals surface area (Å²) in [6.07, 6.45) is 1.10. The molecule has 1 fully saturated rings. The number of hydrogen-bond acceptors (Lipinski definition) is 3. The van der Waals surface area contributed by atoms with Crippen LogP contribution in [0.2, 0.25) is 0 Å². The zero-order valence-corrected chi connectivity index (χ0v) is 12.3. The summed E-state index contributed by atoms with van der Waals surface area (Å²) in [5.41, 5.74) is 3.92. The van der Waals surface area contributed by atoms with E-state index >= 15 is 0 Å². The Morgan fingerprint density at radius 1 is 1.25 bits per heavy atom. The summed E-state index contributed by atoms with van der Waals surface area (Å²) in [6.45, 7) is 7.84. The topological polar surface area (TPSA) is 40.3 Å². The van der Waals surface area contributed by atoms with Crippen molar-refractivity contribution in [2.45, 2.75) is 13.3 Å². The molecule has 1 aliphatic heterocycles. The Kier molecular flexibility index (Phi) is 3.94. The third-order valence-electron chi connectivity index (χ3n) is 4.21. The number of benzene rings is 1. The van der Waals surface area contributed by atoms with Gasteiger partial charge in [0.1, 0.15) is 5.75 Å². The van der Waals surface area contributed by atoms with Gasteiger partial charge in [-0.2, -0.15) is 0 Å². The molecule has 1 aromatic heterocycles. The van der Waals surface area contributed by atoms with Crippen LogP contribution in [0.4, 0.5) is 0 Å². The minimum absolute atomic E-state index is 0.930. The highest BCUT2D eigenvalue weighted by Gasteiger charge is 2.13. The molecule has 1 aromatic carbocycles. The molecule has 1 aliphatic rings. The number of H-pyrrole nitrogens is 1. The fraction of sp³-hybridized carbons (Fsp3) is 0.500. The van der Waals surface area contributed by atoms with Gasteiger partial charge in [0.15, 0.2) is 0 Å². The van der Waals surface area contributed by atoms with E-state index in [0.717, 1.165) is 44.9 Å². The second-order valence-electron chi connectivity index (χ2n) is 5.48. The molecule has 0 saturated carbocycles. The Balaban J connectivity index is 1.80. The summed E-state index contributed by atoms with van der Waals surface area (Å²) in [4.78, 5) is 6.02. The predicted molar refractivity (Wildman–Crippen MR) is 82.6 cm³/mol. The lowest BCUT2D eigenvalue weighted by Gasteiger charge is -2.27. The molecule has 0 aliphatic carbocycles. The molecule has 108 valence electrons. The monoisotopic (exact) mass is 273 g/mol. The minimum atomic E-state index is 0.930. The van der Waals surface area contributed by atoms with Crippen LogP contribution in [-0.2, 0) is 6.42 Å². The van der Waals surface area contributed by atoms with Crippen molar-refractivity contribution in [1.29, 1.82) is 0 Å². The number of rotatable bonds is 4. The van der Waals surface area contributed by atoms with E-state index in [9.17, 15) is 0 Å². The van der Waals surface area contributed by atoms with E-state index in [1.807, 2.05) is 6.07 Å². The van der Waals surface area contributed by atoms with Gasteiger partial charge in [-0.05, 0) is 37.1 Å². The average Bonchev–Trinajstić information content (AvgIpc) is 2.80. The number of ether oxygens (including phenoxy) is 1. The average molecular weight is 273 g/mol.